The monoisotopic (exact) mass is 408 g/mol. The molecule has 1 aromatic carbocycles. The van der Waals surface area contributed by atoms with E-state index in [1.807, 2.05) is 26.0 Å². The highest BCUT2D eigenvalue weighted by Gasteiger charge is 2.24. The number of esters is 1. The summed E-state index contributed by atoms with van der Waals surface area (Å²) in [5, 5.41) is 4.39. The van der Waals surface area contributed by atoms with E-state index in [1.165, 1.54) is 20.5 Å². The fourth-order valence-electron chi connectivity index (χ4n) is 3.20. The first-order chi connectivity index (χ1) is 14.3. The van der Waals surface area contributed by atoms with Crippen molar-refractivity contribution >= 4 is 11.5 Å². The second-order valence-electron chi connectivity index (χ2n) is 6.86. The Balaban J connectivity index is 2.02. The Labute approximate surface area is 175 Å². The molecular formula is C22H24N4O4. The van der Waals surface area contributed by atoms with E-state index >= 15 is 0 Å². The fraction of sp³-hybridized carbons (Fsp3) is 0.273. The number of aryl methyl sites for hydroxylation is 4. The molecule has 0 atom stereocenters. The lowest BCUT2D eigenvalue weighted by atomic mass is 10.1. The Kier molecular flexibility index (Phi) is 6.15. The average Bonchev–Trinajstić information content (AvgIpc) is 3.14. The molecule has 2 heterocycles. The molecule has 30 heavy (non-hydrogen) atoms. The van der Waals surface area contributed by atoms with Gasteiger partial charge < -0.3 is 14.2 Å². The highest BCUT2D eigenvalue weighted by molar-refractivity contribution is 6.17. The van der Waals surface area contributed by atoms with E-state index in [2.05, 4.69) is 21.1 Å². The summed E-state index contributed by atoms with van der Waals surface area (Å²) in [5.41, 5.74) is 4.32. The third-order valence-corrected chi connectivity index (χ3v) is 4.32. The summed E-state index contributed by atoms with van der Waals surface area (Å²) in [6.07, 6.45) is 4.63. The molecular weight excluding hydrogens is 384 g/mol. The van der Waals surface area contributed by atoms with Gasteiger partial charge in [-0.3, -0.25) is 0 Å². The van der Waals surface area contributed by atoms with Gasteiger partial charge in [0.15, 0.2) is 5.75 Å². The Bertz CT molecular complexity index is 1100. The molecule has 0 saturated heterocycles. The quantitative estimate of drug-likeness (QED) is 0.348. The summed E-state index contributed by atoms with van der Waals surface area (Å²) < 4.78 is 17.7. The maximum absolute atomic E-state index is 12.3. The van der Waals surface area contributed by atoms with Crippen LogP contribution in [0.1, 0.15) is 28.2 Å². The van der Waals surface area contributed by atoms with Crippen LogP contribution in [0.25, 0.3) is 11.3 Å². The number of carbonyl (C=O) groups excluding carboxylic acids is 1. The average molecular weight is 408 g/mol. The second kappa shape index (κ2) is 8.77. The number of aromatic nitrogens is 4. The van der Waals surface area contributed by atoms with Crippen molar-refractivity contribution in [3.63, 3.8) is 0 Å². The van der Waals surface area contributed by atoms with Crippen LogP contribution in [0, 0.1) is 27.7 Å². The molecule has 3 rings (SSSR count). The van der Waals surface area contributed by atoms with Crippen molar-refractivity contribution in [3.05, 3.63) is 65.1 Å². The number of methoxy groups -OCH3 is 2. The molecule has 0 unspecified atom stereocenters. The van der Waals surface area contributed by atoms with Crippen LogP contribution < -0.4 is 4.74 Å². The summed E-state index contributed by atoms with van der Waals surface area (Å²) in [4.78, 5) is 21.0. The summed E-state index contributed by atoms with van der Waals surface area (Å²) in [6, 6.07) is 6.16. The third kappa shape index (κ3) is 4.48. The highest BCUT2D eigenvalue weighted by atomic mass is 16.5. The molecule has 0 aliphatic rings. The summed E-state index contributed by atoms with van der Waals surface area (Å²) in [5.74, 6) is 0.612. The molecule has 156 valence electrons. The smallest absolute Gasteiger partial charge is 0.341 e. The molecule has 0 fully saturated rings. The van der Waals surface area contributed by atoms with Crippen LogP contribution >= 0.6 is 0 Å². The van der Waals surface area contributed by atoms with Gasteiger partial charge in [0.05, 0.1) is 49.8 Å². The molecule has 8 nitrogen and oxygen atoms in total. The van der Waals surface area contributed by atoms with Gasteiger partial charge in [-0.05, 0) is 51.0 Å². The van der Waals surface area contributed by atoms with Crippen molar-refractivity contribution in [3.8, 4) is 17.3 Å². The lowest BCUT2D eigenvalue weighted by molar-refractivity contribution is -0.133. The van der Waals surface area contributed by atoms with E-state index in [0.29, 0.717) is 22.8 Å². The third-order valence-electron chi connectivity index (χ3n) is 4.32. The van der Waals surface area contributed by atoms with Gasteiger partial charge >= 0.3 is 5.97 Å². The minimum absolute atomic E-state index is 0.161. The maximum atomic E-state index is 12.3. The Hall–Kier alpha value is -3.68. The second-order valence-corrected chi connectivity index (χ2v) is 6.86. The van der Waals surface area contributed by atoms with Gasteiger partial charge in [-0.2, -0.15) is 10.1 Å². The number of carbonyl (C=O) groups is 1. The Morgan fingerprint density at radius 1 is 1.03 bits per heavy atom. The van der Waals surface area contributed by atoms with Crippen LogP contribution in [-0.4, -0.2) is 39.9 Å². The summed E-state index contributed by atoms with van der Waals surface area (Å²) in [6.45, 7) is 7.59. The lowest BCUT2D eigenvalue weighted by Crippen LogP contribution is -2.10. The predicted octanol–water partition coefficient (Wildman–Crippen LogP) is 3.85. The van der Waals surface area contributed by atoms with Crippen LogP contribution in [-0.2, 0) is 14.3 Å². The number of nitrogens with zero attached hydrogens (tertiary/aromatic N) is 4. The van der Waals surface area contributed by atoms with Crippen molar-refractivity contribution < 1.29 is 19.0 Å². The zero-order valence-corrected chi connectivity index (χ0v) is 17.9. The molecule has 3 aromatic rings. The van der Waals surface area contributed by atoms with Crippen LogP contribution in [0.5, 0.6) is 11.6 Å². The molecule has 8 heteroatoms. The number of rotatable bonds is 6. The first kappa shape index (κ1) is 21.0. The molecule has 0 saturated carbocycles. The molecule has 2 aromatic heterocycles. The number of hydrogen-bond acceptors (Lipinski definition) is 7. The van der Waals surface area contributed by atoms with Crippen molar-refractivity contribution in [1.29, 1.82) is 0 Å². The van der Waals surface area contributed by atoms with Crippen molar-refractivity contribution in [2.45, 2.75) is 27.7 Å². The first-order valence-electron chi connectivity index (χ1n) is 9.30. The number of benzene rings is 1. The molecule has 0 aliphatic carbocycles. The standard InChI is InChI=1S/C22H24N4O4/c1-13-7-14(2)9-17(8-13)26-11-18(10-23-26)30-21-20(15(3)24-16(4)25-21)19(12-28-5)22(27)29-6/h7-12H,1-6H3. The Morgan fingerprint density at radius 3 is 2.37 bits per heavy atom. The Morgan fingerprint density at radius 2 is 1.73 bits per heavy atom. The minimum Gasteiger partial charge on any atom is -0.503 e. The van der Waals surface area contributed by atoms with Gasteiger partial charge in [-0.1, -0.05) is 6.07 Å². The number of hydrogen-bond donors (Lipinski definition) is 0. The van der Waals surface area contributed by atoms with Crippen molar-refractivity contribution in [2.24, 2.45) is 0 Å². The van der Waals surface area contributed by atoms with Crippen LogP contribution in [0.2, 0.25) is 0 Å². The van der Waals surface area contributed by atoms with Gasteiger partial charge in [0.1, 0.15) is 11.4 Å². The van der Waals surface area contributed by atoms with Gasteiger partial charge in [0.2, 0.25) is 5.88 Å². The van der Waals surface area contributed by atoms with Gasteiger partial charge in [-0.25, -0.2) is 14.5 Å². The van der Waals surface area contributed by atoms with Gasteiger partial charge in [-0.15, -0.1) is 0 Å². The first-order valence-corrected chi connectivity index (χ1v) is 9.30. The van der Waals surface area contributed by atoms with Crippen LogP contribution in [0.15, 0.2) is 36.9 Å². The van der Waals surface area contributed by atoms with E-state index < -0.39 is 5.97 Å². The van der Waals surface area contributed by atoms with E-state index in [4.69, 9.17) is 14.2 Å². The summed E-state index contributed by atoms with van der Waals surface area (Å²) in [7, 11) is 2.74. The zero-order chi connectivity index (χ0) is 21.8. The predicted molar refractivity (Wildman–Crippen MR) is 112 cm³/mol. The normalized spacial score (nSPS) is 11.3. The molecule has 0 aliphatic heterocycles. The molecule has 0 radical (unpaired) electrons. The lowest BCUT2D eigenvalue weighted by Gasteiger charge is -2.13. The van der Waals surface area contributed by atoms with E-state index in [0.717, 1.165) is 16.8 Å². The topological polar surface area (TPSA) is 88.4 Å². The minimum atomic E-state index is -0.580. The summed E-state index contributed by atoms with van der Waals surface area (Å²) >= 11 is 0. The molecule has 0 bridgehead atoms. The van der Waals surface area contributed by atoms with Crippen molar-refractivity contribution in [1.82, 2.24) is 19.7 Å². The van der Waals surface area contributed by atoms with Crippen molar-refractivity contribution in [2.75, 3.05) is 14.2 Å². The maximum Gasteiger partial charge on any atom is 0.341 e. The van der Waals surface area contributed by atoms with E-state index in [9.17, 15) is 4.79 Å². The largest absolute Gasteiger partial charge is 0.503 e. The van der Waals surface area contributed by atoms with Gasteiger partial charge in [0.25, 0.3) is 0 Å². The SMILES string of the molecule is COC=C(C(=O)OC)c1c(C)nc(C)nc1Oc1cnn(-c2cc(C)cc(C)c2)c1. The number of ether oxygens (including phenoxy) is 3. The zero-order valence-electron chi connectivity index (χ0n) is 17.9. The van der Waals surface area contributed by atoms with E-state index in [1.54, 1.807) is 30.9 Å². The van der Waals surface area contributed by atoms with E-state index in [-0.39, 0.29) is 11.5 Å². The molecule has 0 N–H and O–H groups in total. The molecule has 0 spiro atoms. The van der Waals surface area contributed by atoms with Gasteiger partial charge in [0, 0.05) is 0 Å². The van der Waals surface area contributed by atoms with Crippen LogP contribution in [0.4, 0.5) is 0 Å². The van der Waals surface area contributed by atoms with Crippen LogP contribution in [0.3, 0.4) is 0 Å². The highest BCUT2D eigenvalue weighted by Crippen LogP contribution is 2.31. The fourth-order valence-corrected chi connectivity index (χ4v) is 3.20. The molecule has 0 amide bonds.